The van der Waals surface area contributed by atoms with E-state index in [0.717, 1.165) is 32.5 Å². The van der Waals surface area contributed by atoms with Crippen molar-refractivity contribution in [2.24, 2.45) is 5.92 Å². The van der Waals surface area contributed by atoms with Crippen molar-refractivity contribution >= 4 is 11.9 Å². The number of imide groups is 1. The minimum atomic E-state index is -0.630. The Labute approximate surface area is 115 Å². The van der Waals surface area contributed by atoms with Crippen molar-refractivity contribution in [3.05, 3.63) is 0 Å². The van der Waals surface area contributed by atoms with Gasteiger partial charge in [-0.25, -0.2) is 4.79 Å². The topological polar surface area (TPSA) is 52.7 Å². The standard InChI is InChI=1S/C14H25N3O2/c1-10(2)9-16-7-5-14(6-8-16)12(18)17(11(3)4)13(19)15-14/h10-11H,5-9H2,1-4H3,(H,15,19). The van der Waals surface area contributed by atoms with E-state index < -0.39 is 5.54 Å². The predicted octanol–water partition coefficient (Wildman–Crippen LogP) is 1.44. The predicted molar refractivity (Wildman–Crippen MR) is 73.8 cm³/mol. The van der Waals surface area contributed by atoms with Crippen molar-refractivity contribution in [1.29, 1.82) is 0 Å². The summed E-state index contributed by atoms with van der Waals surface area (Å²) in [5, 5.41) is 2.94. The van der Waals surface area contributed by atoms with Crippen LogP contribution in [-0.4, -0.2) is 53.0 Å². The van der Waals surface area contributed by atoms with Crippen molar-refractivity contribution in [3.8, 4) is 0 Å². The molecule has 0 aromatic carbocycles. The first-order chi connectivity index (χ1) is 8.85. The van der Waals surface area contributed by atoms with Crippen LogP contribution in [0.5, 0.6) is 0 Å². The number of carbonyl (C=O) groups is 2. The van der Waals surface area contributed by atoms with E-state index in [4.69, 9.17) is 0 Å². The number of nitrogens with zero attached hydrogens (tertiary/aromatic N) is 2. The Morgan fingerprint density at radius 1 is 1.16 bits per heavy atom. The lowest BCUT2D eigenvalue weighted by Crippen LogP contribution is -2.55. The van der Waals surface area contributed by atoms with Gasteiger partial charge in [0.1, 0.15) is 5.54 Å². The van der Waals surface area contributed by atoms with Gasteiger partial charge in [0.25, 0.3) is 5.91 Å². The maximum Gasteiger partial charge on any atom is 0.325 e. The minimum absolute atomic E-state index is 0.0308. The quantitative estimate of drug-likeness (QED) is 0.787. The third-order valence-electron chi connectivity index (χ3n) is 4.04. The summed E-state index contributed by atoms with van der Waals surface area (Å²) in [4.78, 5) is 28.2. The van der Waals surface area contributed by atoms with Gasteiger partial charge >= 0.3 is 6.03 Å². The van der Waals surface area contributed by atoms with E-state index in [0.29, 0.717) is 5.92 Å². The van der Waals surface area contributed by atoms with Crippen molar-refractivity contribution in [2.45, 2.75) is 52.1 Å². The molecule has 5 nitrogen and oxygen atoms in total. The molecule has 2 saturated heterocycles. The molecule has 0 saturated carbocycles. The van der Waals surface area contributed by atoms with E-state index in [9.17, 15) is 9.59 Å². The molecule has 5 heteroatoms. The molecule has 2 aliphatic rings. The first kappa shape index (κ1) is 14.3. The summed E-state index contributed by atoms with van der Waals surface area (Å²) in [5.41, 5.74) is -0.630. The Hall–Kier alpha value is -1.10. The summed E-state index contributed by atoms with van der Waals surface area (Å²) in [6.07, 6.45) is 1.46. The Morgan fingerprint density at radius 3 is 2.16 bits per heavy atom. The zero-order valence-electron chi connectivity index (χ0n) is 12.4. The summed E-state index contributed by atoms with van der Waals surface area (Å²) in [7, 11) is 0. The average Bonchev–Trinajstić information content (AvgIpc) is 2.53. The van der Waals surface area contributed by atoms with Gasteiger partial charge in [-0.3, -0.25) is 9.69 Å². The zero-order chi connectivity index (χ0) is 14.2. The summed E-state index contributed by atoms with van der Waals surface area (Å²) in [5.74, 6) is 0.604. The number of piperidine rings is 1. The highest BCUT2D eigenvalue weighted by molar-refractivity contribution is 6.07. The van der Waals surface area contributed by atoms with Crippen LogP contribution in [0, 0.1) is 5.92 Å². The van der Waals surface area contributed by atoms with Crippen LogP contribution in [0.1, 0.15) is 40.5 Å². The third kappa shape index (κ3) is 2.61. The van der Waals surface area contributed by atoms with E-state index in [1.165, 1.54) is 4.90 Å². The molecule has 2 rings (SSSR count). The average molecular weight is 267 g/mol. The molecule has 3 amide bonds. The maximum atomic E-state index is 12.5. The van der Waals surface area contributed by atoms with Gasteiger partial charge in [0, 0.05) is 25.7 Å². The Bertz CT molecular complexity index is 371. The molecule has 0 radical (unpaired) electrons. The summed E-state index contributed by atoms with van der Waals surface area (Å²) in [6.45, 7) is 11.0. The lowest BCUT2D eigenvalue weighted by molar-refractivity contribution is -0.134. The molecule has 0 aromatic rings. The molecule has 0 aromatic heterocycles. The normalized spacial score (nSPS) is 23.8. The smallest absolute Gasteiger partial charge is 0.323 e. The second-order valence-electron chi connectivity index (χ2n) is 6.48. The number of hydrogen-bond acceptors (Lipinski definition) is 3. The van der Waals surface area contributed by atoms with Crippen molar-refractivity contribution in [3.63, 3.8) is 0 Å². The highest BCUT2D eigenvalue weighted by Gasteiger charge is 2.52. The van der Waals surface area contributed by atoms with Gasteiger partial charge in [-0.15, -0.1) is 0 Å². The first-order valence-corrected chi connectivity index (χ1v) is 7.24. The Kier molecular flexibility index (Phi) is 3.85. The second kappa shape index (κ2) is 5.12. The zero-order valence-corrected chi connectivity index (χ0v) is 12.4. The van der Waals surface area contributed by atoms with E-state index in [-0.39, 0.29) is 18.0 Å². The lowest BCUT2D eigenvalue weighted by Gasteiger charge is -2.38. The fourth-order valence-electron chi connectivity index (χ4n) is 3.08. The van der Waals surface area contributed by atoms with Crippen LogP contribution in [0.4, 0.5) is 4.79 Å². The number of carbonyl (C=O) groups excluding carboxylic acids is 2. The molecule has 2 aliphatic heterocycles. The van der Waals surface area contributed by atoms with Gasteiger partial charge in [-0.2, -0.15) is 0 Å². The van der Waals surface area contributed by atoms with Crippen LogP contribution in [0.2, 0.25) is 0 Å². The highest BCUT2D eigenvalue weighted by atomic mass is 16.2. The number of likely N-dealkylation sites (tertiary alicyclic amines) is 1. The molecule has 2 fully saturated rings. The van der Waals surface area contributed by atoms with Gasteiger partial charge in [0.2, 0.25) is 0 Å². The van der Waals surface area contributed by atoms with Gasteiger partial charge in [-0.1, -0.05) is 13.8 Å². The van der Waals surface area contributed by atoms with Crippen molar-refractivity contribution < 1.29 is 9.59 Å². The van der Waals surface area contributed by atoms with E-state index in [2.05, 4.69) is 24.1 Å². The van der Waals surface area contributed by atoms with Crippen molar-refractivity contribution in [2.75, 3.05) is 19.6 Å². The molecule has 0 atom stereocenters. The summed E-state index contributed by atoms with van der Waals surface area (Å²) in [6, 6.07) is -0.294. The number of rotatable bonds is 3. The molecule has 108 valence electrons. The number of amides is 3. The molecule has 0 aliphatic carbocycles. The van der Waals surface area contributed by atoms with Crippen LogP contribution < -0.4 is 5.32 Å². The maximum absolute atomic E-state index is 12.5. The second-order valence-corrected chi connectivity index (χ2v) is 6.48. The van der Waals surface area contributed by atoms with Crippen LogP contribution in [0.15, 0.2) is 0 Å². The first-order valence-electron chi connectivity index (χ1n) is 7.24. The van der Waals surface area contributed by atoms with Crippen LogP contribution >= 0.6 is 0 Å². The monoisotopic (exact) mass is 267 g/mol. The fourth-order valence-corrected chi connectivity index (χ4v) is 3.08. The number of hydrogen-bond donors (Lipinski definition) is 1. The summed E-state index contributed by atoms with van der Waals surface area (Å²) < 4.78 is 0. The summed E-state index contributed by atoms with van der Waals surface area (Å²) >= 11 is 0. The molecule has 19 heavy (non-hydrogen) atoms. The fraction of sp³-hybridized carbons (Fsp3) is 0.857. The van der Waals surface area contributed by atoms with Crippen molar-refractivity contribution in [1.82, 2.24) is 15.1 Å². The van der Waals surface area contributed by atoms with Crippen LogP contribution in [0.3, 0.4) is 0 Å². The number of urea groups is 1. The Morgan fingerprint density at radius 2 is 1.74 bits per heavy atom. The van der Waals surface area contributed by atoms with Gasteiger partial charge in [0.15, 0.2) is 0 Å². The molecular formula is C14H25N3O2. The molecule has 2 heterocycles. The molecule has 1 spiro atoms. The highest BCUT2D eigenvalue weighted by Crippen LogP contribution is 2.30. The number of nitrogens with one attached hydrogen (secondary N) is 1. The van der Waals surface area contributed by atoms with E-state index in [1.54, 1.807) is 0 Å². The van der Waals surface area contributed by atoms with E-state index >= 15 is 0 Å². The largest absolute Gasteiger partial charge is 0.325 e. The molecule has 0 bridgehead atoms. The lowest BCUT2D eigenvalue weighted by atomic mass is 9.87. The minimum Gasteiger partial charge on any atom is -0.323 e. The van der Waals surface area contributed by atoms with Crippen LogP contribution in [-0.2, 0) is 4.79 Å². The van der Waals surface area contributed by atoms with Gasteiger partial charge < -0.3 is 10.2 Å². The third-order valence-corrected chi connectivity index (χ3v) is 4.04. The SMILES string of the molecule is CC(C)CN1CCC2(CC1)NC(=O)N(C(C)C)C2=O. The molecule has 1 N–H and O–H groups in total. The van der Waals surface area contributed by atoms with E-state index in [1.807, 2.05) is 13.8 Å². The molecular weight excluding hydrogens is 242 g/mol. The Balaban J connectivity index is 2.03. The van der Waals surface area contributed by atoms with Gasteiger partial charge in [0.05, 0.1) is 0 Å². The molecule has 0 unspecified atom stereocenters. The van der Waals surface area contributed by atoms with Crippen LogP contribution in [0.25, 0.3) is 0 Å². The van der Waals surface area contributed by atoms with Gasteiger partial charge in [-0.05, 0) is 32.6 Å².